The van der Waals surface area contributed by atoms with Crippen LogP contribution < -0.4 is 10.2 Å². The molecule has 0 spiro atoms. The van der Waals surface area contributed by atoms with Gasteiger partial charge in [0.2, 0.25) is 0 Å². The Morgan fingerprint density at radius 2 is 1.39 bits per heavy atom. The van der Waals surface area contributed by atoms with E-state index in [4.69, 9.17) is 9.31 Å². The van der Waals surface area contributed by atoms with Crippen molar-refractivity contribution in [3.63, 3.8) is 0 Å². The maximum atomic E-state index is 15.0. The molecule has 0 bridgehead atoms. The molecule has 2 aromatic rings. The number of sulfonamides is 1. The second-order valence-corrected chi connectivity index (χ2v) is 9.07. The maximum absolute atomic E-state index is 15.0. The van der Waals surface area contributed by atoms with Crippen LogP contribution in [0.2, 0.25) is 0 Å². The summed E-state index contributed by atoms with van der Waals surface area (Å²) in [7, 11) is -5.77. The number of nitrogens with one attached hydrogen (secondary N) is 1. The van der Waals surface area contributed by atoms with Crippen LogP contribution in [0.15, 0.2) is 41.3 Å². The molecule has 2 aromatic carbocycles. The van der Waals surface area contributed by atoms with E-state index in [-0.39, 0.29) is 5.46 Å². The average Bonchev–Trinajstić information content (AvgIpc) is 2.76. The van der Waals surface area contributed by atoms with Crippen molar-refractivity contribution in [1.29, 1.82) is 0 Å². The summed E-state index contributed by atoms with van der Waals surface area (Å²) >= 11 is 0. The van der Waals surface area contributed by atoms with Gasteiger partial charge in [-0.15, -0.1) is 0 Å². The zero-order valence-electron chi connectivity index (χ0n) is 15.7. The summed E-state index contributed by atoms with van der Waals surface area (Å²) in [6.07, 6.45) is 0. The summed E-state index contributed by atoms with van der Waals surface area (Å²) in [4.78, 5) is -1.18. The molecule has 1 heterocycles. The molecule has 0 radical (unpaired) electrons. The predicted molar refractivity (Wildman–Crippen MR) is 99.3 cm³/mol. The lowest BCUT2D eigenvalue weighted by atomic mass is 9.78. The molecule has 3 rings (SSSR count). The first kappa shape index (κ1) is 20.7. The molecule has 28 heavy (non-hydrogen) atoms. The van der Waals surface area contributed by atoms with Crippen LogP contribution in [-0.2, 0) is 19.3 Å². The van der Waals surface area contributed by atoms with Crippen LogP contribution in [0.25, 0.3) is 0 Å². The van der Waals surface area contributed by atoms with E-state index in [1.54, 1.807) is 27.7 Å². The fraction of sp³-hybridized carbons (Fsp3) is 0.333. The van der Waals surface area contributed by atoms with Gasteiger partial charge in [0.25, 0.3) is 10.0 Å². The topological polar surface area (TPSA) is 64.6 Å². The van der Waals surface area contributed by atoms with Gasteiger partial charge in [0.15, 0.2) is 4.90 Å². The molecule has 1 fully saturated rings. The molecule has 1 N–H and O–H groups in total. The van der Waals surface area contributed by atoms with Crippen molar-refractivity contribution in [2.45, 2.75) is 43.8 Å². The van der Waals surface area contributed by atoms with Crippen LogP contribution in [0, 0.1) is 17.5 Å². The second-order valence-electron chi connectivity index (χ2n) is 7.45. The van der Waals surface area contributed by atoms with Gasteiger partial charge in [0.05, 0.1) is 16.9 Å². The van der Waals surface area contributed by atoms with Crippen molar-refractivity contribution in [1.82, 2.24) is 0 Å². The van der Waals surface area contributed by atoms with Crippen molar-refractivity contribution < 1.29 is 30.9 Å². The maximum Gasteiger partial charge on any atom is 0.497 e. The van der Waals surface area contributed by atoms with Gasteiger partial charge >= 0.3 is 7.12 Å². The molecule has 0 aromatic heterocycles. The molecule has 150 valence electrons. The minimum atomic E-state index is -4.70. The third kappa shape index (κ3) is 3.51. The van der Waals surface area contributed by atoms with Gasteiger partial charge in [-0.2, -0.15) is 0 Å². The Morgan fingerprint density at radius 3 is 1.93 bits per heavy atom. The highest BCUT2D eigenvalue weighted by atomic mass is 32.2. The van der Waals surface area contributed by atoms with E-state index in [9.17, 15) is 17.2 Å². The highest BCUT2D eigenvalue weighted by molar-refractivity contribution is 7.92. The standard InChI is InChI=1S/C18H19BF3NO4S/c1-17(2)18(3,4)27-19(26-17)11-7-5-10-14(15(11)22)23-28(24,25)16-12(20)8-6-9-13(16)21/h5-10,23H,1-4H3. The van der Waals surface area contributed by atoms with E-state index in [1.807, 2.05) is 4.72 Å². The van der Waals surface area contributed by atoms with Crippen LogP contribution in [0.1, 0.15) is 27.7 Å². The summed E-state index contributed by atoms with van der Waals surface area (Å²) in [5.74, 6) is -3.52. The average molecular weight is 413 g/mol. The molecule has 0 unspecified atom stereocenters. The first-order chi connectivity index (χ1) is 12.9. The molecule has 10 heteroatoms. The van der Waals surface area contributed by atoms with Crippen LogP contribution in [-0.4, -0.2) is 26.7 Å². The summed E-state index contributed by atoms with van der Waals surface area (Å²) < 4.78 is 81.0. The molecule has 0 atom stereocenters. The summed E-state index contributed by atoms with van der Waals surface area (Å²) in [6.45, 7) is 7.16. The molecule has 1 saturated heterocycles. The van der Waals surface area contributed by atoms with Gasteiger partial charge in [-0.1, -0.05) is 18.2 Å². The molecule has 0 aliphatic carbocycles. The van der Waals surface area contributed by atoms with Gasteiger partial charge in [-0.05, 0) is 45.9 Å². The molecule has 1 aliphatic rings. The van der Waals surface area contributed by atoms with Gasteiger partial charge in [0, 0.05) is 5.46 Å². The van der Waals surface area contributed by atoms with Crippen molar-refractivity contribution in [3.8, 4) is 0 Å². The molecule has 0 amide bonds. The quantitative estimate of drug-likeness (QED) is 0.783. The molecule has 1 aliphatic heterocycles. The summed E-state index contributed by atoms with van der Waals surface area (Å²) in [6, 6.07) is 6.55. The van der Waals surface area contributed by atoms with Gasteiger partial charge in [-0.3, -0.25) is 4.72 Å². The highest BCUT2D eigenvalue weighted by Crippen LogP contribution is 2.37. The second kappa shape index (κ2) is 6.79. The largest absolute Gasteiger partial charge is 0.497 e. The lowest BCUT2D eigenvalue weighted by molar-refractivity contribution is 0.00578. The number of halogens is 3. The normalized spacial score (nSPS) is 18.3. The minimum absolute atomic E-state index is 0.0344. The monoisotopic (exact) mass is 413 g/mol. The van der Waals surface area contributed by atoms with Crippen LogP contribution >= 0.6 is 0 Å². The third-order valence-electron chi connectivity index (χ3n) is 4.97. The minimum Gasteiger partial charge on any atom is -0.399 e. The van der Waals surface area contributed by atoms with E-state index < -0.39 is 56.4 Å². The predicted octanol–water partition coefficient (Wildman–Crippen LogP) is 3.20. The molecule has 5 nitrogen and oxygen atoms in total. The Morgan fingerprint density at radius 1 is 0.893 bits per heavy atom. The van der Waals surface area contributed by atoms with Crippen molar-refractivity contribution in [2.24, 2.45) is 0 Å². The smallest absolute Gasteiger partial charge is 0.399 e. The van der Waals surface area contributed by atoms with Crippen LogP contribution in [0.5, 0.6) is 0 Å². The number of rotatable bonds is 4. The lowest BCUT2D eigenvalue weighted by Crippen LogP contribution is -2.41. The van der Waals surface area contributed by atoms with Crippen molar-refractivity contribution in [2.75, 3.05) is 4.72 Å². The Bertz CT molecular complexity index is 991. The molecule has 0 saturated carbocycles. The van der Waals surface area contributed by atoms with E-state index in [0.717, 1.165) is 24.3 Å². The van der Waals surface area contributed by atoms with Crippen LogP contribution in [0.4, 0.5) is 18.9 Å². The van der Waals surface area contributed by atoms with Crippen molar-refractivity contribution in [3.05, 3.63) is 53.8 Å². The lowest BCUT2D eigenvalue weighted by Gasteiger charge is -2.32. The van der Waals surface area contributed by atoms with E-state index in [1.165, 1.54) is 12.1 Å². The Labute approximate surface area is 162 Å². The zero-order chi connectivity index (χ0) is 20.9. The number of anilines is 1. The van der Waals surface area contributed by atoms with Crippen molar-refractivity contribution >= 4 is 28.3 Å². The highest BCUT2D eigenvalue weighted by Gasteiger charge is 2.52. The Balaban J connectivity index is 1.97. The third-order valence-corrected chi connectivity index (χ3v) is 6.38. The Kier molecular flexibility index (Phi) is 5.02. The van der Waals surface area contributed by atoms with Gasteiger partial charge < -0.3 is 9.31 Å². The Hall–Kier alpha value is -2.04. The SMILES string of the molecule is CC1(C)OB(c2cccc(NS(=O)(=O)c3c(F)cccc3F)c2F)OC1(C)C. The fourth-order valence-electron chi connectivity index (χ4n) is 2.72. The zero-order valence-corrected chi connectivity index (χ0v) is 16.5. The molecular weight excluding hydrogens is 394 g/mol. The van der Waals surface area contributed by atoms with Gasteiger partial charge in [-0.25, -0.2) is 21.6 Å². The van der Waals surface area contributed by atoms with Crippen LogP contribution in [0.3, 0.4) is 0 Å². The first-order valence-corrected chi connectivity index (χ1v) is 9.95. The molecular formula is C18H19BF3NO4S. The van der Waals surface area contributed by atoms with E-state index in [0.29, 0.717) is 0 Å². The summed E-state index contributed by atoms with van der Waals surface area (Å²) in [5, 5.41) is 0. The van der Waals surface area contributed by atoms with E-state index >= 15 is 4.39 Å². The fourth-order valence-corrected chi connectivity index (χ4v) is 3.91. The number of hydrogen-bond donors (Lipinski definition) is 1. The van der Waals surface area contributed by atoms with Gasteiger partial charge in [0.1, 0.15) is 17.5 Å². The van der Waals surface area contributed by atoms with E-state index in [2.05, 4.69) is 0 Å². The first-order valence-electron chi connectivity index (χ1n) is 8.46. The number of hydrogen-bond acceptors (Lipinski definition) is 4. The summed E-state index contributed by atoms with van der Waals surface area (Å²) in [5.41, 5.74) is -1.96. The number of benzene rings is 2.